The van der Waals surface area contributed by atoms with Gasteiger partial charge in [0.1, 0.15) is 11.2 Å². The maximum absolute atomic E-state index is 9.73. The number of fused-ring (bicyclic) bond motifs is 10. The van der Waals surface area contributed by atoms with Gasteiger partial charge in [0, 0.05) is 49.1 Å². The summed E-state index contributed by atoms with van der Waals surface area (Å²) in [4.78, 5) is 14.9. The van der Waals surface area contributed by atoms with Gasteiger partial charge in [0.05, 0.1) is 35.8 Å². The molecule has 0 saturated carbocycles. The number of para-hydroxylation sites is 2. The van der Waals surface area contributed by atoms with E-state index in [1.807, 2.05) is 115 Å². The van der Waals surface area contributed by atoms with Crippen LogP contribution in [0.4, 0.5) is 0 Å². The van der Waals surface area contributed by atoms with E-state index in [-0.39, 0.29) is 61.2 Å². The van der Waals surface area contributed by atoms with E-state index in [1.165, 1.54) is 4.57 Å². The molecule has 12 aromatic rings. The van der Waals surface area contributed by atoms with E-state index < -0.39 is 60.4 Å². The van der Waals surface area contributed by atoms with Crippen LogP contribution in [-0.2, 0) is 0 Å². The minimum absolute atomic E-state index is 0.00273. The van der Waals surface area contributed by atoms with Crippen LogP contribution in [0, 0.1) is 0 Å². The Balaban J connectivity index is 1.32. The minimum atomic E-state index is -0.555. The van der Waals surface area contributed by atoms with Gasteiger partial charge in [-0.25, -0.2) is 4.98 Å². The molecular formula is C51H31N5O. The average Bonchev–Trinajstić information content (AvgIpc) is 4.04. The first-order valence-electron chi connectivity index (χ1n) is 23.3. The van der Waals surface area contributed by atoms with Crippen LogP contribution in [0.5, 0.6) is 0 Å². The van der Waals surface area contributed by atoms with E-state index in [2.05, 4.69) is 0 Å². The number of rotatable bonds is 5. The zero-order chi connectivity index (χ0) is 46.2. The summed E-state index contributed by atoms with van der Waals surface area (Å²) >= 11 is 0. The number of furan rings is 1. The molecule has 0 saturated heterocycles. The number of hydrogen-bond donors (Lipinski definition) is 0. The van der Waals surface area contributed by atoms with Crippen LogP contribution in [-0.4, -0.2) is 24.1 Å². The standard InChI is InChI=1S/C51H31N5O/c1-4-14-32(15-5-1)35-24-28-45-41(30-35)42-31-36(25-29-46(42)57-45)55-43-22-12-10-20-37(43)39-26-27-40-38-21-11-13-23-44(38)56(48(40)47(39)55)51-53-49(33-16-6-2-7-17-33)52-50(54-51)34-18-8-3-9-19-34/h1-31H/i10D,11D,12D,13D,20D,21D,22D,23D,26D,27D. The van der Waals surface area contributed by atoms with Crippen LogP contribution in [0.3, 0.4) is 0 Å². The van der Waals surface area contributed by atoms with E-state index in [1.54, 1.807) is 16.7 Å². The Bertz CT molecular complexity index is 4040. The largest absolute Gasteiger partial charge is 0.456 e. The molecule has 0 atom stereocenters. The molecule has 4 heterocycles. The molecule has 12 rings (SSSR count). The number of benzene rings is 8. The lowest BCUT2D eigenvalue weighted by molar-refractivity contribution is 0.669. The molecule has 0 N–H and O–H groups in total. The maximum atomic E-state index is 9.73. The topological polar surface area (TPSA) is 61.7 Å². The summed E-state index contributed by atoms with van der Waals surface area (Å²) in [5.74, 6) is 0.413. The van der Waals surface area contributed by atoms with Crippen LogP contribution in [0.25, 0.3) is 111 Å². The number of hydrogen-bond acceptors (Lipinski definition) is 4. The monoisotopic (exact) mass is 739 g/mol. The Morgan fingerprint density at radius 1 is 0.404 bits per heavy atom. The Kier molecular flexibility index (Phi) is 5.02. The molecule has 8 aromatic carbocycles. The van der Waals surface area contributed by atoms with E-state index >= 15 is 0 Å². The van der Waals surface area contributed by atoms with Gasteiger partial charge in [0.2, 0.25) is 5.95 Å². The van der Waals surface area contributed by atoms with Crippen LogP contribution in [0.15, 0.2) is 192 Å². The first-order chi connectivity index (χ1) is 32.4. The fourth-order valence-electron chi connectivity index (χ4n) is 7.88. The van der Waals surface area contributed by atoms with Gasteiger partial charge in [0.15, 0.2) is 11.6 Å². The second kappa shape index (κ2) is 12.3. The summed E-state index contributed by atoms with van der Waals surface area (Å²) in [5.41, 5.74) is 4.92. The molecule has 0 bridgehead atoms. The second-order valence-corrected chi connectivity index (χ2v) is 13.7. The molecule has 6 nitrogen and oxygen atoms in total. The van der Waals surface area contributed by atoms with Crippen molar-refractivity contribution in [1.82, 2.24) is 24.1 Å². The molecule has 0 amide bonds. The zero-order valence-electron chi connectivity index (χ0n) is 39.8. The van der Waals surface area contributed by atoms with Gasteiger partial charge < -0.3 is 8.98 Å². The molecule has 0 unspecified atom stereocenters. The first-order valence-corrected chi connectivity index (χ1v) is 18.3. The lowest BCUT2D eigenvalue weighted by Crippen LogP contribution is -2.07. The highest BCUT2D eigenvalue weighted by molar-refractivity contribution is 6.24. The highest BCUT2D eigenvalue weighted by atomic mass is 16.3. The fourth-order valence-corrected chi connectivity index (χ4v) is 7.88. The second-order valence-electron chi connectivity index (χ2n) is 13.7. The SMILES string of the molecule is [2H]c1c([2H])c([2H])c2c(c1[2H])c1c([2H])c([2H])c3c4c([2H])c([2H])c([2H])c([2H])c4n(-c4nc(-c5ccccc5)nc(-c5ccccc5)n4)c3c1n2-c1ccc2oc3ccc(-c4ccccc4)cc3c2c1. The van der Waals surface area contributed by atoms with Crippen LogP contribution >= 0.6 is 0 Å². The lowest BCUT2D eigenvalue weighted by Gasteiger charge is -2.13. The normalized spacial score (nSPS) is 14.3. The molecule has 0 spiro atoms. The van der Waals surface area contributed by atoms with Crippen molar-refractivity contribution in [1.29, 1.82) is 0 Å². The first kappa shape index (κ1) is 23.2. The predicted molar refractivity (Wildman–Crippen MR) is 232 cm³/mol. The van der Waals surface area contributed by atoms with Crippen LogP contribution < -0.4 is 0 Å². The van der Waals surface area contributed by atoms with Crippen molar-refractivity contribution >= 4 is 65.6 Å². The van der Waals surface area contributed by atoms with Gasteiger partial charge in [0.25, 0.3) is 0 Å². The molecule has 57 heavy (non-hydrogen) atoms. The lowest BCUT2D eigenvalue weighted by atomic mass is 10.0. The average molecular weight is 740 g/mol. The Labute approximate surface area is 340 Å². The highest BCUT2D eigenvalue weighted by Gasteiger charge is 2.24. The van der Waals surface area contributed by atoms with Gasteiger partial charge >= 0.3 is 0 Å². The summed E-state index contributed by atoms with van der Waals surface area (Å²) in [7, 11) is 0. The zero-order valence-corrected chi connectivity index (χ0v) is 29.8. The molecule has 0 fully saturated rings. The van der Waals surface area contributed by atoms with Gasteiger partial charge in [-0.1, -0.05) is 145 Å². The minimum Gasteiger partial charge on any atom is -0.456 e. The summed E-state index contributed by atoms with van der Waals surface area (Å²) in [6, 6.07) is 34.8. The third-order valence-electron chi connectivity index (χ3n) is 10.4. The Hall–Kier alpha value is -7.83. The molecule has 0 aliphatic rings. The molecule has 266 valence electrons. The Morgan fingerprint density at radius 3 is 1.53 bits per heavy atom. The molecule has 0 radical (unpaired) electrons. The quantitative estimate of drug-likeness (QED) is 0.176. The van der Waals surface area contributed by atoms with Crippen molar-refractivity contribution in [2.75, 3.05) is 0 Å². The van der Waals surface area contributed by atoms with Gasteiger partial charge in [-0.05, 0) is 53.5 Å². The van der Waals surface area contributed by atoms with Crippen molar-refractivity contribution in [3.63, 3.8) is 0 Å². The van der Waals surface area contributed by atoms with Gasteiger partial charge in [-0.15, -0.1) is 0 Å². The maximum Gasteiger partial charge on any atom is 0.238 e. The van der Waals surface area contributed by atoms with Gasteiger partial charge in [-0.3, -0.25) is 4.57 Å². The van der Waals surface area contributed by atoms with Crippen molar-refractivity contribution in [2.24, 2.45) is 0 Å². The summed E-state index contributed by atoms with van der Waals surface area (Å²) in [5, 5.41) is 1.37. The summed E-state index contributed by atoms with van der Waals surface area (Å²) in [6.45, 7) is 0. The van der Waals surface area contributed by atoms with E-state index in [9.17, 15) is 8.22 Å². The molecular weight excluding hydrogens is 699 g/mol. The third-order valence-corrected chi connectivity index (χ3v) is 10.4. The van der Waals surface area contributed by atoms with E-state index in [0.717, 1.165) is 16.5 Å². The smallest absolute Gasteiger partial charge is 0.238 e. The van der Waals surface area contributed by atoms with Crippen molar-refractivity contribution in [3.05, 3.63) is 188 Å². The summed E-state index contributed by atoms with van der Waals surface area (Å²) < 4.78 is 102. The fraction of sp³-hybridized carbons (Fsp3) is 0. The van der Waals surface area contributed by atoms with Crippen LogP contribution in [0.2, 0.25) is 0 Å². The van der Waals surface area contributed by atoms with E-state index in [4.69, 9.17) is 24.9 Å². The van der Waals surface area contributed by atoms with E-state index in [0.29, 0.717) is 33.4 Å². The molecule has 0 aliphatic carbocycles. The molecule has 0 aliphatic heterocycles. The molecule has 6 heteroatoms. The van der Waals surface area contributed by atoms with Crippen molar-refractivity contribution < 1.29 is 18.1 Å². The third kappa shape index (κ3) is 4.87. The predicted octanol–water partition coefficient (Wildman–Crippen LogP) is 13.0. The number of aromatic nitrogens is 5. The summed E-state index contributed by atoms with van der Waals surface area (Å²) in [6.07, 6.45) is 0. The van der Waals surface area contributed by atoms with Crippen LogP contribution in [0.1, 0.15) is 13.7 Å². The van der Waals surface area contributed by atoms with Crippen molar-refractivity contribution in [3.8, 4) is 45.5 Å². The highest BCUT2D eigenvalue weighted by Crippen LogP contribution is 2.42. The molecule has 4 aromatic heterocycles. The van der Waals surface area contributed by atoms with Crippen molar-refractivity contribution in [2.45, 2.75) is 0 Å². The number of nitrogens with zero attached hydrogens (tertiary/aromatic N) is 5. The Morgan fingerprint density at radius 2 is 0.912 bits per heavy atom. The van der Waals surface area contributed by atoms with Gasteiger partial charge in [-0.2, -0.15) is 9.97 Å².